The largest absolute Gasteiger partial charge is 0.508 e. The molecule has 0 bridgehead atoms. The maximum absolute atomic E-state index is 12.8. The molecule has 0 aliphatic carbocycles. The van der Waals surface area contributed by atoms with Crippen LogP contribution in [0.3, 0.4) is 0 Å². The van der Waals surface area contributed by atoms with Crippen molar-refractivity contribution in [3.63, 3.8) is 0 Å². The van der Waals surface area contributed by atoms with Crippen LogP contribution in [0.25, 0.3) is 28.2 Å². The number of hydrogen-bond donors (Lipinski definition) is 2. The Balaban J connectivity index is 2.15. The van der Waals surface area contributed by atoms with E-state index in [4.69, 9.17) is 0 Å². The fraction of sp³-hybridized carbons (Fsp3) is 0.0417. The molecule has 0 radical (unpaired) electrons. The minimum Gasteiger partial charge on any atom is -0.508 e. The number of pyridine rings is 1. The third-order valence-electron chi connectivity index (χ3n) is 4.72. The summed E-state index contributed by atoms with van der Waals surface area (Å²) in [6.07, 6.45) is 0. The molecule has 4 aromatic rings. The average molecular weight is 369 g/mol. The third-order valence-corrected chi connectivity index (χ3v) is 4.72. The Bertz CT molecular complexity index is 1180. The maximum atomic E-state index is 12.8. The first-order valence-corrected chi connectivity index (χ1v) is 8.95. The van der Waals surface area contributed by atoms with Gasteiger partial charge in [0, 0.05) is 28.9 Å². The second-order valence-electron chi connectivity index (χ2n) is 6.64. The molecule has 2 N–H and O–H groups in total. The van der Waals surface area contributed by atoms with Crippen LogP contribution in [-0.4, -0.2) is 14.8 Å². The van der Waals surface area contributed by atoms with E-state index in [-0.39, 0.29) is 16.9 Å². The van der Waals surface area contributed by atoms with Crippen LogP contribution in [0.15, 0.2) is 89.7 Å². The standard InChI is InChI=1S/C24H19NO3/c1-16-23(28)15-22(18-12-20(26)14-21(27)13-18)25(19-10-6-3-7-11-19)24(16)17-8-4-2-5-9-17/h2-15,26-27H,1H3. The highest BCUT2D eigenvalue weighted by Crippen LogP contribution is 2.34. The Labute approximate surface area is 162 Å². The Morgan fingerprint density at radius 3 is 1.89 bits per heavy atom. The van der Waals surface area contributed by atoms with Gasteiger partial charge in [-0.3, -0.25) is 4.79 Å². The Morgan fingerprint density at radius 1 is 0.714 bits per heavy atom. The lowest BCUT2D eigenvalue weighted by molar-refractivity contribution is 0.451. The summed E-state index contributed by atoms with van der Waals surface area (Å²) < 4.78 is 1.99. The first-order chi connectivity index (χ1) is 13.5. The van der Waals surface area contributed by atoms with Gasteiger partial charge in [0.25, 0.3) is 0 Å². The molecule has 138 valence electrons. The molecular formula is C24H19NO3. The molecule has 4 nitrogen and oxygen atoms in total. The van der Waals surface area contributed by atoms with E-state index in [1.807, 2.05) is 72.2 Å². The van der Waals surface area contributed by atoms with Crippen molar-refractivity contribution in [2.75, 3.05) is 0 Å². The second-order valence-corrected chi connectivity index (χ2v) is 6.64. The first kappa shape index (κ1) is 17.6. The van der Waals surface area contributed by atoms with Crippen LogP contribution < -0.4 is 5.43 Å². The van der Waals surface area contributed by atoms with Gasteiger partial charge in [-0.1, -0.05) is 48.5 Å². The van der Waals surface area contributed by atoms with E-state index in [1.165, 1.54) is 18.2 Å². The van der Waals surface area contributed by atoms with Gasteiger partial charge in [-0.25, -0.2) is 0 Å². The zero-order valence-corrected chi connectivity index (χ0v) is 15.3. The molecule has 28 heavy (non-hydrogen) atoms. The number of aromatic nitrogens is 1. The monoisotopic (exact) mass is 369 g/mol. The van der Waals surface area contributed by atoms with Crippen molar-refractivity contribution in [3.8, 4) is 39.7 Å². The van der Waals surface area contributed by atoms with Crippen molar-refractivity contribution in [2.24, 2.45) is 0 Å². The van der Waals surface area contributed by atoms with Gasteiger partial charge in [0.2, 0.25) is 0 Å². The van der Waals surface area contributed by atoms with Gasteiger partial charge in [-0.15, -0.1) is 0 Å². The summed E-state index contributed by atoms with van der Waals surface area (Å²) in [6.45, 7) is 1.81. The predicted octanol–water partition coefficient (Wildman–Crippen LogP) is 4.89. The lowest BCUT2D eigenvalue weighted by atomic mass is 10.0. The molecule has 0 aliphatic rings. The van der Waals surface area contributed by atoms with Crippen LogP contribution in [0.2, 0.25) is 0 Å². The lowest BCUT2D eigenvalue weighted by Gasteiger charge is -2.21. The smallest absolute Gasteiger partial charge is 0.185 e. The molecule has 3 aromatic carbocycles. The minimum atomic E-state index is -0.108. The molecule has 0 amide bonds. The number of hydrogen-bond acceptors (Lipinski definition) is 3. The fourth-order valence-corrected chi connectivity index (χ4v) is 3.44. The molecule has 0 atom stereocenters. The van der Waals surface area contributed by atoms with Gasteiger partial charge in [0.05, 0.1) is 11.4 Å². The summed E-state index contributed by atoms with van der Waals surface area (Å²) in [4.78, 5) is 12.8. The molecule has 0 fully saturated rings. The molecule has 0 saturated heterocycles. The molecule has 4 rings (SSSR count). The Morgan fingerprint density at radius 2 is 1.29 bits per heavy atom. The van der Waals surface area contributed by atoms with Crippen molar-refractivity contribution in [1.82, 2.24) is 4.57 Å². The average Bonchev–Trinajstić information content (AvgIpc) is 2.70. The maximum Gasteiger partial charge on any atom is 0.185 e. The van der Waals surface area contributed by atoms with Gasteiger partial charge in [-0.2, -0.15) is 0 Å². The summed E-state index contributed by atoms with van der Waals surface area (Å²) >= 11 is 0. The van der Waals surface area contributed by atoms with Crippen molar-refractivity contribution in [1.29, 1.82) is 0 Å². The predicted molar refractivity (Wildman–Crippen MR) is 111 cm³/mol. The normalized spacial score (nSPS) is 10.8. The van der Waals surface area contributed by atoms with E-state index in [0.29, 0.717) is 16.8 Å². The van der Waals surface area contributed by atoms with Crippen LogP contribution >= 0.6 is 0 Å². The molecule has 0 aliphatic heterocycles. The summed E-state index contributed by atoms with van der Waals surface area (Å²) in [5.41, 5.74) is 4.22. The topological polar surface area (TPSA) is 62.5 Å². The van der Waals surface area contributed by atoms with Crippen LogP contribution in [0.5, 0.6) is 11.5 Å². The number of nitrogens with zero attached hydrogens (tertiary/aromatic N) is 1. The van der Waals surface area contributed by atoms with Gasteiger partial charge in [0.15, 0.2) is 5.43 Å². The molecule has 1 aromatic heterocycles. The number of rotatable bonds is 3. The molecule has 1 heterocycles. The van der Waals surface area contributed by atoms with Crippen molar-refractivity contribution >= 4 is 0 Å². The van der Waals surface area contributed by atoms with Crippen LogP contribution in [0.1, 0.15) is 5.56 Å². The first-order valence-electron chi connectivity index (χ1n) is 8.95. The summed E-state index contributed by atoms with van der Waals surface area (Å²) in [6, 6.07) is 25.3. The van der Waals surface area contributed by atoms with E-state index in [1.54, 1.807) is 6.07 Å². The lowest BCUT2D eigenvalue weighted by Crippen LogP contribution is -2.15. The third kappa shape index (κ3) is 3.16. The molecule has 0 saturated carbocycles. The van der Waals surface area contributed by atoms with Crippen LogP contribution in [0, 0.1) is 6.92 Å². The quantitative estimate of drug-likeness (QED) is 0.540. The SMILES string of the molecule is Cc1c(-c2ccccc2)n(-c2ccccc2)c(-c2cc(O)cc(O)c2)cc1=O. The highest BCUT2D eigenvalue weighted by molar-refractivity contribution is 5.74. The number of phenols is 2. The molecular weight excluding hydrogens is 350 g/mol. The number of benzene rings is 3. The van der Waals surface area contributed by atoms with Crippen molar-refractivity contribution in [3.05, 3.63) is 101 Å². The van der Waals surface area contributed by atoms with Gasteiger partial charge in [0.1, 0.15) is 11.5 Å². The summed E-state index contributed by atoms with van der Waals surface area (Å²) in [5, 5.41) is 20.0. The van der Waals surface area contributed by atoms with Gasteiger partial charge < -0.3 is 14.8 Å². The van der Waals surface area contributed by atoms with E-state index in [2.05, 4.69) is 0 Å². The zero-order chi connectivity index (χ0) is 19.7. The summed E-state index contributed by atoms with van der Waals surface area (Å²) in [7, 11) is 0. The van der Waals surface area contributed by atoms with Crippen LogP contribution in [-0.2, 0) is 0 Å². The molecule has 0 unspecified atom stereocenters. The minimum absolute atomic E-state index is 0.0658. The van der Waals surface area contributed by atoms with Crippen LogP contribution in [0.4, 0.5) is 0 Å². The molecule has 0 spiro atoms. The van der Waals surface area contributed by atoms with E-state index < -0.39 is 0 Å². The fourth-order valence-electron chi connectivity index (χ4n) is 3.44. The Hall–Kier alpha value is -3.79. The van der Waals surface area contributed by atoms with E-state index in [9.17, 15) is 15.0 Å². The van der Waals surface area contributed by atoms with Gasteiger partial charge >= 0.3 is 0 Å². The highest BCUT2D eigenvalue weighted by atomic mass is 16.3. The highest BCUT2D eigenvalue weighted by Gasteiger charge is 2.18. The second kappa shape index (κ2) is 7.08. The number of para-hydroxylation sites is 1. The van der Waals surface area contributed by atoms with Crippen molar-refractivity contribution < 1.29 is 10.2 Å². The van der Waals surface area contributed by atoms with Gasteiger partial charge in [-0.05, 0) is 36.8 Å². The van der Waals surface area contributed by atoms with Crippen molar-refractivity contribution in [2.45, 2.75) is 6.92 Å². The van der Waals surface area contributed by atoms with E-state index >= 15 is 0 Å². The Kier molecular flexibility index (Phi) is 4.45. The van der Waals surface area contributed by atoms with E-state index in [0.717, 1.165) is 16.9 Å². The summed E-state index contributed by atoms with van der Waals surface area (Å²) in [5.74, 6) is -0.132. The number of phenolic OH excluding ortho intramolecular Hbond substituents is 2. The number of aromatic hydroxyl groups is 2. The molecule has 4 heteroatoms. The zero-order valence-electron chi connectivity index (χ0n) is 15.3.